The van der Waals surface area contributed by atoms with Crippen LogP contribution in [-0.4, -0.2) is 9.97 Å². The first-order valence-corrected chi connectivity index (χ1v) is 9.03. The summed E-state index contributed by atoms with van der Waals surface area (Å²) in [6.45, 7) is 0. The maximum atomic E-state index is 13.1. The van der Waals surface area contributed by atoms with Gasteiger partial charge in [0.1, 0.15) is 10.8 Å². The van der Waals surface area contributed by atoms with E-state index in [2.05, 4.69) is 12.1 Å². The standard InChI is InChI=1S/C22H15FN2S/c23-17-13-10-16(11-14-17)12-15-21-22(26-18-6-2-1-3-7-18)25-20-9-5-4-8-19(20)24-21/h1-15H/b15-12+. The first-order chi connectivity index (χ1) is 12.8. The van der Waals surface area contributed by atoms with Crippen LogP contribution in [0.15, 0.2) is 88.8 Å². The molecule has 4 aromatic rings. The molecule has 0 N–H and O–H groups in total. The third-order valence-electron chi connectivity index (χ3n) is 3.83. The Morgan fingerprint density at radius 3 is 2.08 bits per heavy atom. The molecule has 0 saturated heterocycles. The summed E-state index contributed by atoms with van der Waals surface area (Å²) >= 11 is 1.58. The molecule has 0 spiro atoms. The van der Waals surface area contributed by atoms with E-state index in [-0.39, 0.29) is 5.82 Å². The number of para-hydroxylation sites is 2. The minimum absolute atomic E-state index is 0.243. The van der Waals surface area contributed by atoms with Gasteiger partial charge in [0.2, 0.25) is 0 Å². The van der Waals surface area contributed by atoms with Crippen molar-refractivity contribution in [1.82, 2.24) is 9.97 Å². The van der Waals surface area contributed by atoms with Crippen molar-refractivity contribution >= 4 is 34.9 Å². The van der Waals surface area contributed by atoms with E-state index in [1.54, 1.807) is 23.9 Å². The summed E-state index contributed by atoms with van der Waals surface area (Å²) in [7, 11) is 0. The quantitative estimate of drug-likeness (QED) is 0.441. The Hall–Kier alpha value is -2.98. The van der Waals surface area contributed by atoms with Gasteiger partial charge in [-0.1, -0.05) is 60.3 Å². The summed E-state index contributed by atoms with van der Waals surface area (Å²) in [5, 5.41) is 0.841. The Kier molecular flexibility index (Phi) is 4.75. The van der Waals surface area contributed by atoms with Crippen molar-refractivity contribution in [3.63, 3.8) is 0 Å². The molecule has 0 fully saturated rings. The van der Waals surface area contributed by atoms with Crippen molar-refractivity contribution in [2.24, 2.45) is 0 Å². The van der Waals surface area contributed by atoms with Crippen LogP contribution in [0.4, 0.5) is 4.39 Å². The summed E-state index contributed by atoms with van der Waals surface area (Å²) in [5.74, 6) is -0.243. The van der Waals surface area contributed by atoms with Crippen molar-refractivity contribution in [2.45, 2.75) is 9.92 Å². The number of fused-ring (bicyclic) bond motifs is 1. The molecule has 0 aliphatic carbocycles. The average Bonchev–Trinajstić information content (AvgIpc) is 2.68. The van der Waals surface area contributed by atoms with Crippen LogP contribution in [0, 0.1) is 5.82 Å². The topological polar surface area (TPSA) is 25.8 Å². The molecule has 4 heteroatoms. The van der Waals surface area contributed by atoms with Gasteiger partial charge in [0, 0.05) is 4.90 Å². The molecule has 0 radical (unpaired) electrons. The van der Waals surface area contributed by atoms with Crippen molar-refractivity contribution < 1.29 is 4.39 Å². The number of rotatable bonds is 4. The van der Waals surface area contributed by atoms with E-state index in [1.165, 1.54) is 12.1 Å². The van der Waals surface area contributed by atoms with Crippen LogP contribution in [0.3, 0.4) is 0 Å². The van der Waals surface area contributed by atoms with E-state index < -0.39 is 0 Å². The normalized spacial score (nSPS) is 11.3. The van der Waals surface area contributed by atoms with Gasteiger partial charge in [-0.25, -0.2) is 14.4 Å². The largest absolute Gasteiger partial charge is 0.244 e. The fourth-order valence-corrected chi connectivity index (χ4v) is 3.41. The lowest BCUT2D eigenvalue weighted by atomic mass is 10.2. The number of hydrogen-bond donors (Lipinski definition) is 0. The second-order valence-electron chi connectivity index (χ2n) is 5.70. The van der Waals surface area contributed by atoms with E-state index in [0.29, 0.717) is 0 Å². The highest BCUT2D eigenvalue weighted by molar-refractivity contribution is 7.99. The lowest BCUT2D eigenvalue weighted by molar-refractivity contribution is 0.628. The lowest BCUT2D eigenvalue weighted by Gasteiger charge is -2.07. The molecule has 0 unspecified atom stereocenters. The Morgan fingerprint density at radius 1 is 0.692 bits per heavy atom. The third kappa shape index (κ3) is 3.81. The van der Waals surface area contributed by atoms with Crippen LogP contribution in [-0.2, 0) is 0 Å². The van der Waals surface area contributed by atoms with Crippen LogP contribution in [0.2, 0.25) is 0 Å². The summed E-state index contributed by atoms with van der Waals surface area (Å²) in [5.41, 5.74) is 3.42. The average molecular weight is 358 g/mol. The van der Waals surface area contributed by atoms with Gasteiger partial charge in [-0.3, -0.25) is 0 Å². The SMILES string of the molecule is Fc1ccc(/C=C/c2nc3ccccc3nc2Sc2ccccc2)cc1. The van der Waals surface area contributed by atoms with Crippen LogP contribution in [0.25, 0.3) is 23.2 Å². The predicted octanol–water partition coefficient (Wildman–Crippen LogP) is 6.09. The van der Waals surface area contributed by atoms with Crippen molar-refractivity contribution in [1.29, 1.82) is 0 Å². The minimum Gasteiger partial charge on any atom is -0.244 e. The molecule has 0 bridgehead atoms. The van der Waals surface area contributed by atoms with Gasteiger partial charge in [-0.05, 0) is 48.0 Å². The van der Waals surface area contributed by atoms with Gasteiger partial charge in [0.25, 0.3) is 0 Å². The maximum Gasteiger partial charge on any atom is 0.127 e. The molecule has 4 rings (SSSR count). The predicted molar refractivity (Wildman–Crippen MR) is 105 cm³/mol. The Bertz CT molecular complexity index is 1060. The summed E-state index contributed by atoms with van der Waals surface area (Å²) in [6.07, 6.45) is 3.85. The molecule has 3 aromatic carbocycles. The number of halogens is 1. The zero-order valence-corrected chi connectivity index (χ0v) is 14.7. The van der Waals surface area contributed by atoms with Crippen molar-refractivity contribution in [3.05, 3.63) is 95.9 Å². The second kappa shape index (κ2) is 7.50. The third-order valence-corrected chi connectivity index (χ3v) is 4.83. The molecular formula is C22H15FN2S. The maximum absolute atomic E-state index is 13.1. The summed E-state index contributed by atoms with van der Waals surface area (Å²) < 4.78 is 13.1. The summed E-state index contributed by atoms with van der Waals surface area (Å²) in [6, 6.07) is 24.3. The van der Waals surface area contributed by atoms with Gasteiger partial charge in [-0.15, -0.1) is 0 Å². The van der Waals surface area contributed by atoms with Gasteiger partial charge in [0.15, 0.2) is 0 Å². The van der Waals surface area contributed by atoms with Gasteiger partial charge in [0.05, 0.1) is 16.7 Å². The Balaban J connectivity index is 1.75. The Labute approximate surface area is 155 Å². The molecule has 26 heavy (non-hydrogen) atoms. The minimum atomic E-state index is -0.243. The summed E-state index contributed by atoms with van der Waals surface area (Å²) in [4.78, 5) is 10.7. The number of hydrogen-bond acceptors (Lipinski definition) is 3. The van der Waals surface area contributed by atoms with Crippen LogP contribution in [0.1, 0.15) is 11.3 Å². The van der Waals surface area contributed by atoms with Crippen LogP contribution >= 0.6 is 11.8 Å². The monoisotopic (exact) mass is 358 g/mol. The van der Waals surface area contributed by atoms with Gasteiger partial charge < -0.3 is 0 Å². The van der Waals surface area contributed by atoms with Gasteiger partial charge in [-0.2, -0.15) is 0 Å². The molecule has 0 amide bonds. The fraction of sp³-hybridized carbons (Fsp3) is 0. The van der Waals surface area contributed by atoms with E-state index >= 15 is 0 Å². The molecule has 1 heterocycles. The van der Waals surface area contributed by atoms with E-state index in [9.17, 15) is 4.39 Å². The second-order valence-corrected chi connectivity index (χ2v) is 6.76. The number of nitrogens with zero attached hydrogens (tertiary/aromatic N) is 2. The van der Waals surface area contributed by atoms with Gasteiger partial charge >= 0.3 is 0 Å². The smallest absolute Gasteiger partial charge is 0.127 e. The molecule has 0 aliphatic heterocycles. The Morgan fingerprint density at radius 2 is 1.35 bits per heavy atom. The molecule has 126 valence electrons. The van der Waals surface area contributed by atoms with Crippen LogP contribution in [0.5, 0.6) is 0 Å². The first-order valence-electron chi connectivity index (χ1n) is 8.21. The lowest BCUT2D eigenvalue weighted by Crippen LogP contribution is -1.93. The zero-order chi connectivity index (χ0) is 17.8. The highest BCUT2D eigenvalue weighted by Crippen LogP contribution is 2.30. The zero-order valence-electron chi connectivity index (χ0n) is 13.8. The molecule has 0 aliphatic rings. The molecule has 0 saturated carbocycles. The number of benzene rings is 3. The molecule has 0 atom stereocenters. The molecular weight excluding hydrogens is 343 g/mol. The van der Waals surface area contributed by atoms with E-state index in [1.807, 2.05) is 54.6 Å². The van der Waals surface area contributed by atoms with E-state index in [4.69, 9.17) is 9.97 Å². The van der Waals surface area contributed by atoms with Crippen molar-refractivity contribution in [3.8, 4) is 0 Å². The molecule has 2 nitrogen and oxygen atoms in total. The van der Waals surface area contributed by atoms with Crippen molar-refractivity contribution in [2.75, 3.05) is 0 Å². The fourth-order valence-electron chi connectivity index (χ4n) is 2.53. The highest BCUT2D eigenvalue weighted by Gasteiger charge is 2.08. The molecule has 1 aromatic heterocycles. The van der Waals surface area contributed by atoms with E-state index in [0.717, 1.165) is 32.2 Å². The first kappa shape index (κ1) is 16.5. The number of aromatic nitrogens is 2. The highest BCUT2D eigenvalue weighted by atomic mass is 32.2. The van der Waals surface area contributed by atoms with Crippen LogP contribution < -0.4 is 0 Å².